The quantitative estimate of drug-likeness (QED) is 0.424. The van der Waals surface area contributed by atoms with Crippen LogP contribution in [0.1, 0.15) is 36.6 Å². The zero-order chi connectivity index (χ0) is 24.1. The fourth-order valence-electron chi connectivity index (χ4n) is 3.83. The number of aromatic nitrogens is 2. The largest absolute Gasteiger partial charge is 0.484 e. The Kier molecular flexibility index (Phi) is 7.01. The molecule has 0 aliphatic carbocycles. The van der Waals surface area contributed by atoms with Gasteiger partial charge in [0.05, 0.1) is 24.3 Å². The lowest BCUT2D eigenvalue weighted by Crippen LogP contribution is -2.28. The first-order valence-corrected chi connectivity index (χ1v) is 11.1. The molecule has 0 fully saturated rings. The van der Waals surface area contributed by atoms with E-state index < -0.39 is 0 Å². The Labute approximate surface area is 197 Å². The Morgan fingerprint density at radius 3 is 2.68 bits per heavy atom. The van der Waals surface area contributed by atoms with Crippen molar-refractivity contribution in [2.24, 2.45) is 0 Å². The summed E-state index contributed by atoms with van der Waals surface area (Å²) in [6.07, 6.45) is 1.67. The van der Waals surface area contributed by atoms with Crippen LogP contribution in [0.25, 0.3) is 10.9 Å². The Morgan fingerprint density at radius 1 is 1.09 bits per heavy atom. The van der Waals surface area contributed by atoms with Crippen LogP contribution in [0.4, 0.5) is 4.39 Å². The molecule has 0 aliphatic heterocycles. The second-order valence-corrected chi connectivity index (χ2v) is 8.37. The number of hydrogen-bond donors (Lipinski definition) is 1. The predicted molar refractivity (Wildman–Crippen MR) is 129 cm³/mol. The van der Waals surface area contributed by atoms with Crippen molar-refractivity contribution >= 4 is 16.8 Å². The summed E-state index contributed by atoms with van der Waals surface area (Å²) < 4.78 is 21.0. The number of amides is 1. The van der Waals surface area contributed by atoms with Crippen LogP contribution < -0.4 is 15.6 Å². The lowest BCUT2D eigenvalue weighted by atomic mass is 9.98. The van der Waals surface area contributed by atoms with E-state index in [1.165, 1.54) is 12.1 Å². The highest BCUT2D eigenvalue weighted by molar-refractivity contribution is 5.85. The lowest BCUT2D eigenvalue weighted by molar-refractivity contribution is -0.123. The van der Waals surface area contributed by atoms with Gasteiger partial charge in [0.15, 0.2) is 6.61 Å². The van der Waals surface area contributed by atoms with Gasteiger partial charge >= 0.3 is 0 Å². The maximum absolute atomic E-state index is 13.7. The standard InChI is InChI=1S/C27H26FN3O3/c1-18(2)24-14-27(33)31(16-19-6-5-7-20(28)12-19)25-13-22(9-10-23(24)25)34-17-26(32)30-15-21-8-3-4-11-29-21/h3-14,18H,15-17H2,1-2H3,(H,30,32). The van der Waals surface area contributed by atoms with Crippen molar-refractivity contribution in [3.05, 3.63) is 106 Å². The lowest BCUT2D eigenvalue weighted by Gasteiger charge is -2.17. The van der Waals surface area contributed by atoms with Gasteiger partial charge in [0, 0.05) is 23.7 Å². The van der Waals surface area contributed by atoms with E-state index in [4.69, 9.17) is 4.74 Å². The topological polar surface area (TPSA) is 73.2 Å². The molecule has 0 bridgehead atoms. The summed E-state index contributed by atoms with van der Waals surface area (Å²) in [5.41, 5.74) is 2.86. The number of carbonyl (C=O) groups excluding carboxylic acids is 1. The summed E-state index contributed by atoms with van der Waals surface area (Å²) in [4.78, 5) is 29.4. The van der Waals surface area contributed by atoms with E-state index in [-0.39, 0.29) is 36.4 Å². The number of carbonyl (C=O) groups is 1. The van der Waals surface area contributed by atoms with E-state index in [0.717, 1.165) is 16.6 Å². The highest BCUT2D eigenvalue weighted by atomic mass is 19.1. The molecule has 0 atom stereocenters. The maximum atomic E-state index is 13.7. The molecule has 7 heteroatoms. The molecule has 0 saturated carbocycles. The van der Waals surface area contributed by atoms with Gasteiger partial charge in [0.25, 0.3) is 11.5 Å². The minimum absolute atomic E-state index is 0.142. The fourth-order valence-corrected chi connectivity index (χ4v) is 3.83. The SMILES string of the molecule is CC(C)c1cc(=O)n(Cc2cccc(F)c2)c2cc(OCC(=O)NCc3ccccn3)ccc12. The number of rotatable bonds is 8. The third kappa shape index (κ3) is 5.49. The van der Waals surface area contributed by atoms with Crippen LogP contribution in [-0.4, -0.2) is 22.1 Å². The molecule has 4 rings (SSSR count). The molecule has 174 valence electrons. The number of pyridine rings is 2. The van der Waals surface area contributed by atoms with Crippen LogP contribution in [0, 0.1) is 5.82 Å². The van der Waals surface area contributed by atoms with Crippen molar-refractivity contribution in [3.63, 3.8) is 0 Å². The molecule has 0 aliphatic rings. The molecule has 0 unspecified atom stereocenters. The molecule has 0 spiro atoms. The molecule has 4 aromatic rings. The van der Waals surface area contributed by atoms with Crippen molar-refractivity contribution < 1.29 is 13.9 Å². The summed E-state index contributed by atoms with van der Waals surface area (Å²) >= 11 is 0. The number of nitrogens with one attached hydrogen (secondary N) is 1. The van der Waals surface area contributed by atoms with Crippen LogP contribution in [0.2, 0.25) is 0 Å². The Hall–Kier alpha value is -4.00. The minimum Gasteiger partial charge on any atom is -0.484 e. The number of fused-ring (bicyclic) bond motifs is 1. The van der Waals surface area contributed by atoms with Gasteiger partial charge in [-0.2, -0.15) is 0 Å². The average Bonchev–Trinajstić information content (AvgIpc) is 2.83. The first-order valence-electron chi connectivity index (χ1n) is 11.1. The van der Waals surface area contributed by atoms with Gasteiger partial charge in [-0.3, -0.25) is 14.6 Å². The van der Waals surface area contributed by atoms with Crippen LogP contribution in [-0.2, 0) is 17.9 Å². The van der Waals surface area contributed by atoms with E-state index >= 15 is 0 Å². The summed E-state index contributed by atoms with van der Waals surface area (Å²) in [6, 6.07) is 18.8. The summed E-state index contributed by atoms with van der Waals surface area (Å²) in [6.45, 7) is 4.42. The van der Waals surface area contributed by atoms with Gasteiger partial charge in [0.2, 0.25) is 0 Å². The van der Waals surface area contributed by atoms with Crippen molar-refractivity contribution in [3.8, 4) is 5.75 Å². The van der Waals surface area contributed by atoms with Crippen molar-refractivity contribution in [1.82, 2.24) is 14.9 Å². The Bertz CT molecular complexity index is 1370. The Balaban J connectivity index is 1.58. The molecule has 34 heavy (non-hydrogen) atoms. The Morgan fingerprint density at radius 2 is 1.94 bits per heavy atom. The van der Waals surface area contributed by atoms with Crippen molar-refractivity contribution in [1.29, 1.82) is 0 Å². The minimum atomic E-state index is -0.352. The van der Waals surface area contributed by atoms with Crippen LogP contribution in [0.15, 0.2) is 77.7 Å². The van der Waals surface area contributed by atoms with Gasteiger partial charge in [-0.05, 0) is 53.4 Å². The number of benzene rings is 2. The average molecular weight is 460 g/mol. The maximum Gasteiger partial charge on any atom is 0.258 e. The van der Waals surface area contributed by atoms with E-state index in [9.17, 15) is 14.0 Å². The molecule has 1 N–H and O–H groups in total. The summed E-state index contributed by atoms with van der Waals surface area (Å²) in [7, 11) is 0. The van der Waals surface area contributed by atoms with Crippen molar-refractivity contribution in [2.75, 3.05) is 6.61 Å². The second kappa shape index (κ2) is 10.3. The fraction of sp³-hybridized carbons (Fsp3) is 0.222. The molecule has 0 saturated heterocycles. The molecule has 6 nitrogen and oxygen atoms in total. The van der Waals surface area contributed by atoms with Crippen LogP contribution in [0.3, 0.4) is 0 Å². The van der Waals surface area contributed by atoms with Crippen LogP contribution in [0.5, 0.6) is 5.75 Å². The van der Waals surface area contributed by atoms with Gasteiger partial charge in [-0.25, -0.2) is 4.39 Å². The zero-order valence-electron chi connectivity index (χ0n) is 19.1. The number of ether oxygens (including phenoxy) is 1. The summed E-state index contributed by atoms with van der Waals surface area (Å²) in [5.74, 6) is -0.0230. The van der Waals surface area contributed by atoms with Gasteiger partial charge < -0.3 is 14.6 Å². The molecule has 1 amide bonds. The van der Waals surface area contributed by atoms with Crippen molar-refractivity contribution in [2.45, 2.75) is 32.9 Å². The van der Waals surface area contributed by atoms with E-state index in [2.05, 4.69) is 10.3 Å². The smallest absolute Gasteiger partial charge is 0.258 e. The molecule has 2 aromatic carbocycles. The van der Waals surface area contributed by atoms with Gasteiger partial charge in [-0.15, -0.1) is 0 Å². The predicted octanol–water partition coefficient (Wildman–Crippen LogP) is 4.40. The summed E-state index contributed by atoms with van der Waals surface area (Å²) in [5, 5.41) is 3.69. The third-order valence-electron chi connectivity index (χ3n) is 5.53. The van der Waals surface area contributed by atoms with Crippen LogP contribution >= 0.6 is 0 Å². The zero-order valence-corrected chi connectivity index (χ0v) is 19.1. The molecular formula is C27H26FN3O3. The van der Waals surface area contributed by atoms with E-state index in [1.54, 1.807) is 41.1 Å². The first-order chi connectivity index (χ1) is 16.4. The molecule has 0 radical (unpaired) electrons. The molecule has 2 aromatic heterocycles. The highest BCUT2D eigenvalue weighted by Gasteiger charge is 2.14. The number of nitrogens with zero attached hydrogens (tertiary/aromatic N) is 2. The van der Waals surface area contributed by atoms with Gasteiger partial charge in [0.1, 0.15) is 11.6 Å². The molecule has 2 heterocycles. The highest BCUT2D eigenvalue weighted by Crippen LogP contribution is 2.27. The molecular weight excluding hydrogens is 433 g/mol. The van der Waals surface area contributed by atoms with E-state index in [0.29, 0.717) is 23.4 Å². The third-order valence-corrected chi connectivity index (χ3v) is 5.53. The van der Waals surface area contributed by atoms with Gasteiger partial charge in [-0.1, -0.05) is 32.0 Å². The number of hydrogen-bond acceptors (Lipinski definition) is 4. The number of halogens is 1. The normalized spacial score (nSPS) is 11.1. The van der Waals surface area contributed by atoms with E-state index in [1.807, 2.05) is 38.1 Å². The monoisotopic (exact) mass is 459 g/mol. The second-order valence-electron chi connectivity index (χ2n) is 8.37. The first kappa shape index (κ1) is 23.2.